The number of Topliss-reactive ketones (excluding diaryl/α,β-unsaturated/α-hetero) is 1. The summed E-state index contributed by atoms with van der Waals surface area (Å²) in [6.45, 7) is 1.63. The fraction of sp³-hybridized carbons (Fsp3) is 0.385. The third kappa shape index (κ3) is 6.56. The average Bonchev–Trinajstić information content (AvgIpc) is 3.52. The number of amides is 1. The van der Waals surface area contributed by atoms with Crippen molar-refractivity contribution in [3.05, 3.63) is 69.2 Å². The lowest BCUT2D eigenvalue weighted by molar-refractivity contribution is -0.139. The van der Waals surface area contributed by atoms with Crippen molar-refractivity contribution in [3.63, 3.8) is 0 Å². The number of rotatable bonds is 9. The van der Waals surface area contributed by atoms with E-state index in [0.29, 0.717) is 6.42 Å². The minimum absolute atomic E-state index is 0.0208. The molecule has 1 aliphatic carbocycles. The molecule has 0 unspecified atom stereocenters. The number of nitrogens with one attached hydrogen (secondary N) is 3. The predicted molar refractivity (Wildman–Crippen MR) is 139 cm³/mol. The number of hydrogen-bond acceptors (Lipinski definition) is 6. The van der Waals surface area contributed by atoms with Crippen LogP contribution in [0.2, 0.25) is 10.0 Å². The zero-order chi connectivity index (χ0) is 25.7. The predicted octanol–water partition coefficient (Wildman–Crippen LogP) is 3.25. The second kappa shape index (κ2) is 11.8. The molecule has 0 radical (unpaired) electrons. The van der Waals surface area contributed by atoms with Gasteiger partial charge in [0.15, 0.2) is 5.96 Å². The lowest BCUT2D eigenvalue weighted by Crippen LogP contribution is -2.42. The first kappa shape index (κ1) is 26.0. The van der Waals surface area contributed by atoms with Gasteiger partial charge in [0.05, 0.1) is 22.2 Å². The number of aliphatic carboxylic acids is 1. The van der Waals surface area contributed by atoms with E-state index in [1.54, 1.807) is 18.2 Å². The van der Waals surface area contributed by atoms with Gasteiger partial charge in [-0.2, -0.15) is 0 Å². The van der Waals surface area contributed by atoms with Crippen molar-refractivity contribution in [1.29, 1.82) is 0 Å². The normalized spacial score (nSPS) is 19.8. The van der Waals surface area contributed by atoms with Gasteiger partial charge in [0.1, 0.15) is 11.8 Å². The van der Waals surface area contributed by atoms with Gasteiger partial charge in [-0.3, -0.25) is 14.6 Å². The molecule has 1 aliphatic heterocycles. The van der Waals surface area contributed by atoms with Crippen molar-refractivity contribution in [2.24, 2.45) is 10.9 Å². The SMILES string of the molecule is O=C(N[C@@H](Cc1ccc(CC(=O)[C@H]2CC[C@H](NC3=NCCN3)C2)cc1)C(=O)O)c1c(Cl)cccc1Cl. The molecule has 2 aromatic rings. The van der Waals surface area contributed by atoms with Gasteiger partial charge in [-0.25, -0.2) is 4.79 Å². The highest BCUT2D eigenvalue weighted by atomic mass is 35.5. The Hall–Kier alpha value is -3.10. The lowest BCUT2D eigenvalue weighted by Gasteiger charge is -2.16. The second-order valence-electron chi connectivity index (χ2n) is 9.13. The summed E-state index contributed by atoms with van der Waals surface area (Å²) in [4.78, 5) is 41.6. The number of hydrogen-bond donors (Lipinski definition) is 4. The molecule has 4 rings (SSSR count). The zero-order valence-corrected chi connectivity index (χ0v) is 21.1. The number of carboxylic acid groups (broad SMARTS) is 1. The minimum Gasteiger partial charge on any atom is -0.480 e. The van der Waals surface area contributed by atoms with E-state index in [2.05, 4.69) is 20.9 Å². The number of aliphatic imine (C=N–C) groups is 1. The van der Waals surface area contributed by atoms with E-state index in [0.717, 1.165) is 49.4 Å². The molecule has 1 fully saturated rings. The number of ketones is 1. The van der Waals surface area contributed by atoms with Crippen molar-refractivity contribution < 1.29 is 19.5 Å². The molecule has 0 bridgehead atoms. The molecule has 3 atom stereocenters. The summed E-state index contributed by atoms with van der Waals surface area (Å²) in [5.74, 6) is -0.767. The number of carbonyl (C=O) groups excluding carboxylic acids is 2. The van der Waals surface area contributed by atoms with Crippen molar-refractivity contribution in [2.45, 2.75) is 44.2 Å². The Morgan fingerprint density at radius 1 is 1.06 bits per heavy atom. The molecule has 8 nitrogen and oxygen atoms in total. The topological polar surface area (TPSA) is 120 Å². The summed E-state index contributed by atoms with van der Waals surface area (Å²) < 4.78 is 0. The molecule has 4 N–H and O–H groups in total. The number of halogens is 2. The van der Waals surface area contributed by atoms with Gasteiger partial charge < -0.3 is 21.1 Å². The molecule has 2 aromatic carbocycles. The van der Waals surface area contributed by atoms with Crippen LogP contribution in [-0.4, -0.2) is 53.9 Å². The fourth-order valence-electron chi connectivity index (χ4n) is 4.61. The summed E-state index contributed by atoms with van der Waals surface area (Å²) in [5, 5.41) is 19.0. The largest absolute Gasteiger partial charge is 0.480 e. The quantitative estimate of drug-likeness (QED) is 0.395. The third-order valence-electron chi connectivity index (χ3n) is 6.54. The molecule has 1 amide bonds. The Labute approximate surface area is 219 Å². The van der Waals surface area contributed by atoms with Gasteiger partial charge in [0.25, 0.3) is 5.91 Å². The number of carboxylic acids is 1. The van der Waals surface area contributed by atoms with Crippen molar-refractivity contribution in [3.8, 4) is 0 Å². The highest BCUT2D eigenvalue weighted by Crippen LogP contribution is 2.28. The van der Waals surface area contributed by atoms with Gasteiger partial charge in [0, 0.05) is 31.3 Å². The van der Waals surface area contributed by atoms with E-state index in [-0.39, 0.29) is 39.8 Å². The molecule has 10 heteroatoms. The van der Waals surface area contributed by atoms with E-state index in [9.17, 15) is 19.5 Å². The number of carbonyl (C=O) groups is 3. The van der Waals surface area contributed by atoms with E-state index >= 15 is 0 Å². The maximum absolute atomic E-state index is 12.8. The first-order valence-electron chi connectivity index (χ1n) is 11.9. The Morgan fingerprint density at radius 3 is 2.39 bits per heavy atom. The Balaban J connectivity index is 1.31. The van der Waals surface area contributed by atoms with Crippen LogP contribution in [0, 0.1) is 5.92 Å². The Morgan fingerprint density at radius 2 is 1.75 bits per heavy atom. The van der Waals surface area contributed by atoms with Crippen molar-refractivity contribution >= 4 is 46.8 Å². The van der Waals surface area contributed by atoms with Crippen molar-refractivity contribution in [1.82, 2.24) is 16.0 Å². The molecular weight excluding hydrogens is 503 g/mol. The number of guanidine groups is 1. The third-order valence-corrected chi connectivity index (χ3v) is 7.17. The standard InChI is InChI=1S/C26H28Cl2N4O4/c27-19-2-1-3-20(28)23(19)24(34)32-21(25(35)36)12-15-4-6-16(7-5-15)13-22(33)17-8-9-18(14-17)31-26-29-10-11-30-26/h1-7,17-18,21H,8-14H2,(H,32,34)(H,35,36)(H2,29,30,31)/t17-,18-,21-/m0/s1. The Kier molecular flexibility index (Phi) is 8.48. The van der Waals surface area contributed by atoms with E-state index in [1.807, 2.05) is 12.1 Å². The molecule has 2 aliphatic rings. The van der Waals surface area contributed by atoms with Gasteiger partial charge >= 0.3 is 5.97 Å². The molecule has 190 valence electrons. The first-order chi connectivity index (χ1) is 17.3. The highest BCUT2D eigenvalue weighted by molar-refractivity contribution is 6.39. The smallest absolute Gasteiger partial charge is 0.326 e. The van der Waals surface area contributed by atoms with Crippen LogP contribution >= 0.6 is 23.2 Å². The van der Waals surface area contributed by atoms with E-state index < -0.39 is 17.9 Å². The maximum atomic E-state index is 12.8. The van der Waals surface area contributed by atoms with Crippen LogP contribution in [0.15, 0.2) is 47.5 Å². The lowest BCUT2D eigenvalue weighted by atomic mass is 9.95. The number of benzene rings is 2. The molecule has 1 saturated carbocycles. The van der Waals surface area contributed by atoms with E-state index in [4.69, 9.17) is 23.2 Å². The highest BCUT2D eigenvalue weighted by Gasteiger charge is 2.30. The van der Waals surface area contributed by atoms with Crippen LogP contribution in [0.1, 0.15) is 40.7 Å². The fourth-order valence-corrected chi connectivity index (χ4v) is 5.18. The summed E-state index contributed by atoms with van der Waals surface area (Å²) in [7, 11) is 0. The monoisotopic (exact) mass is 530 g/mol. The van der Waals surface area contributed by atoms with Gasteiger partial charge in [-0.05, 0) is 42.5 Å². The van der Waals surface area contributed by atoms with Crippen LogP contribution in [0.25, 0.3) is 0 Å². The maximum Gasteiger partial charge on any atom is 0.326 e. The first-order valence-corrected chi connectivity index (χ1v) is 12.7. The summed E-state index contributed by atoms with van der Waals surface area (Å²) in [6, 6.07) is 11.0. The molecule has 0 spiro atoms. The van der Waals surface area contributed by atoms with Crippen molar-refractivity contribution in [2.75, 3.05) is 13.1 Å². The second-order valence-corrected chi connectivity index (χ2v) is 9.95. The van der Waals surface area contributed by atoms with Crippen LogP contribution in [0.3, 0.4) is 0 Å². The summed E-state index contributed by atoms with van der Waals surface area (Å²) >= 11 is 12.1. The van der Waals surface area contributed by atoms with Crippen LogP contribution < -0.4 is 16.0 Å². The van der Waals surface area contributed by atoms with Crippen LogP contribution in [0.5, 0.6) is 0 Å². The molecule has 0 aromatic heterocycles. The molecule has 1 heterocycles. The Bertz CT molecular complexity index is 1150. The van der Waals surface area contributed by atoms with Crippen LogP contribution in [-0.2, 0) is 22.4 Å². The molecule has 0 saturated heterocycles. The molecular formula is C26H28Cl2N4O4. The zero-order valence-electron chi connectivity index (χ0n) is 19.6. The van der Waals surface area contributed by atoms with Gasteiger partial charge in [-0.1, -0.05) is 53.5 Å². The summed E-state index contributed by atoms with van der Waals surface area (Å²) in [5.41, 5.74) is 1.64. The van der Waals surface area contributed by atoms with Gasteiger partial charge in [0.2, 0.25) is 0 Å². The van der Waals surface area contributed by atoms with Gasteiger partial charge in [-0.15, -0.1) is 0 Å². The minimum atomic E-state index is -1.17. The van der Waals surface area contributed by atoms with E-state index in [1.165, 1.54) is 12.1 Å². The molecule has 36 heavy (non-hydrogen) atoms. The van der Waals surface area contributed by atoms with Crippen LogP contribution in [0.4, 0.5) is 0 Å². The summed E-state index contributed by atoms with van der Waals surface area (Å²) in [6.07, 6.45) is 3.01. The average molecular weight is 531 g/mol. The number of nitrogens with zero attached hydrogens (tertiary/aromatic N) is 1.